The Morgan fingerprint density at radius 1 is 0.533 bits per heavy atom. The predicted octanol–water partition coefficient (Wildman–Crippen LogP) is 7.59. The lowest BCUT2D eigenvalue weighted by molar-refractivity contribution is -0.170. The monoisotopic (exact) mass is 422 g/mol. The number of aliphatic carboxylic acids is 2. The number of carboxylic acids is 2. The van der Waals surface area contributed by atoms with Crippen molar-refractivity contribution in [3.63, 3.8) is 0 Å². The van der Waals surface area contributed by atoms with Crippen LogP contribution in [0.25, 0.3) is 0 Å². The minimum atomic E-state index is -1.09. The van der Waals surface area contributed by atoms with E-state index >= 15 is 0 Å². The zero-order valence-electron chi connectivity index (χ0n) is 19.2. The molecule has 0 aromatic carbocycles. The molecular formula is C26H46O4. The average molecular weight is 423 g/mol. The highest BCUT2D eigenvalue weighted by molar-refractivity contribution is 5.83. The van der Waals surface area contributed by atoms with Gasteiger partial charge in [0.1, 0.15) is 0 Å². The SMILES string of the molecule is O=C(O)C1CCCCCCCCCCC1(C(=O)O)C1CCCCCCCCCCC1. The van der Waals surface area contributed by atoms with Gasteiger partial charge in [0.2, 0.25) is 0 Å². The summed E-state index contributed by atoms with van der Waals surface area (Å²) in [5.74, 6) is -2.45. The highest BCUT2D eigenvalue weighted by Crippen LogP contribution is 2.48. The van der Waals surface area contributed by atoms with Gasteiger partial charge in [-0.3, -0.25) is 9.59 Å². The molecule has 0 amide bonds. The van der Waals surface area contributed by atoms with Gasteiger partial charge < -0.3 is 10.2 Å². The van der Waals surface area contributed by atoms with Gasteiger partial charge in [0, 0.05) is 0 Å². The fourth-order valence-electron chi connectivity index (χ4n) is 6.20. The van der Waals surface area contributed by atoms with Crippen molar-refractivity contribution >= 4 is 11.9 Å². The van der Waals surface area contributed by atoms with Crippen LogP contribution in [-0.2, 0) is 9.59 Å². The highest BCUT2D eigenvalue weighted by atomic mass is 16.4. The van der Waals surface area contributed by atoms with Crippen molar-refractivity contribution in [3.05, 3.63) is 0 Å². The maximum absolute atomic E-state index is 12.9. The molecule has 2 rings (SSSR count). The molecule has 174 valence electrons. The summed E-state index contributed by atoms with van der Waals surface area (Å²) in [4.78, 5) is 25.4. The molecular weight excluding hydrogens is 376 g/mol. The van der Waals surface area contributed by atoms with E-state index in [1.165, 1.54) is 44.9 Å². The molecule has 0 aromatic heterocycles. The van der Waals surface area contributed by atoms with Crippen molar-refractivity contribution in [2.75, 3.05) is 0 Å². The van der Waals surface area contributed by atoms with Crippen LogP contribution in [0, 0.1) is 17.3 Å². The van der Waals surface area contributed by atoms with Crippen molar-refractivity contribution in [2.45, 2.75) is 135 Å². The molecule has 0 radical (unpaired) electrons. The highest BCUT2D eigenvalue weighted by Gasteiger charge is 2.53. The molecule has 2 atom stereocenters. The maximum atomic E-state index is 12.9. The molecule has 0 saturated heterocycles. The first-order valence-electron chi connectivity index (χ1n) is 13.0. The minimum Gasteiger partial charge on any atom is -0.481 e. The van der Waals surface area contributed by atoms with Crippen molar-refractivity contribution in [1.29, 1.82) is 0 Å². The van der Waals surface area contributed by atoms with Crippen LogP contribution >= 0.6 is 0 Å². The van der Waals surface area contributed by atoms with Crippen molar-refractivity contribution in [2.24, 2.45) is 17.3 Å². The number of hydrogen-bond donors (Lipinski definition) is 2. The Kier molecular flexibility index (Phi) is 11.8. The second-order valence-corrected chi connectivity index (χ2v) is 10.1. The summed E-state index contributed by atoms with van der Waals surface area (Å²) in [6, 6.07) is 0. The van der Waals surface area contributed by atoms with Crippen LogP contribution in [0.4, 0.5) is 0 Å². The van der Waals surface area contributed by atoms with Gasteiger partial charge in [0.15, 0.2) is 0 Å². The van der Waals surface area contributed by atoms with Gasteiger partial charge in [0.25, 0.3) is 0 Å². The molecule has 4 heteroatoms. The Bertz CT molecular complexity index is 491. The zero-order valence-corrected chi connectivity index (χ0v) is 19.2. The summed E-state index contributed by atoms with van der Waals surface area (Å²) in [6.07, 6.45) is 22.1. The Morgan fingerprint density at radius 2 is 0.900 bits per heavy atom. The van der Waals surface area contributed by atoms with Crippen molar-refractivity contribution in [3.8, 4) is 0 Å². The summed E-state index contributed by atoms with van der Waals surface area (Å²) >= 11 is 0. The van der Waals surface area contributed by atoms with Crippen LogP contribution in [0.3, 0.4) is 0 Å². The molecule has 0 heterocycles. The van der Waals surface area contributed by atoms with Crippen LogP contribution < -0.4 is 0 Å². The van der Waals surface area contributed by atoms with E-state index in [1.807, 2.05) is 0 Å². The zero-order chi connectivity index (χ0) is 21.7. The second-order valence-electron chi connectivity index (χ2n) is 10.1. The van der Waals surface area contributed by atoms with Crippen LogP contribution in [-0.4, -0.2) is 22.2 Å². The summed E-state index contributed by atoms with van der Waals surface area (Å²) in [6.45, 7) is 0. The Labute approximate surface area is 184 Å². The van der Waals surface area contributed by atoms with Crippen molar-refractivity contribution in [1.82, 2.24) is 0 Å². The largest absolute Gasteiger partial charge is 0.481 e. The fraction of sp³-hybridized carbons (Fsp3) is 0.923. The van der Waals surface area contributed by atoms with Crippen LogP contribution in [0.2, 0.25) is 0 Å². The Hall–Kier alpha value is -1.06. The topological polar surface area (TPSA) is 74.6 Å². The van der Waals surface area contributed by atoms with E-state index in [4.69, 9.17) is 0 Å². The van der Waals surface area contributed by atoms with E-state index in [0.717, 1.165) is 77.0 Å². The fourth-order valence-corrected chi connectivity index (χ4v) is 6.20. The standard InChI is InChI=1S/C26H46O4/c27-24(28)23-20-16-12-8-4-5-9-13-17-21-26(23,25(29)30)22-18-14-10-6-2-1-3-7-11-15-19-22/h22-23H,1-21H2,(H,27,28)(H,29,30). The van der Waals surface area contributed by atoms with Gasteiger partial charge in [0.05, 0.1) is 11.3 Å². The molecule has 0 aromatic rings. The molecule has 2 fully saturated rings. The van der Waals surface area contributed by atoms with Crippen LogP contribution in [0.1, 0.15) is 135 Å². The third-order valence-electron chi connectivity index (χ3n) is 7.99. The maximum Gasteiger partial charge on any atom is 0.310 e. The van der Waals surface area contributed by atoms with Crippen molar-refractivity contribution < 1.29 is 19.8 Å². The lowest BCUT2D eigenvalue weighted by Crippen LogP contribution is -2.48. The number of carboxylic acid groups (broad SMARTS) is 2. The third-order valence-corrected chi connectivity index (χ3v) is 7.99. The molecule has 0 spiro atoms. The minimum absolute atomic E-state index is 0.00142. The summed E-state index contributed by atoms with van der Waals surface area (Å²) in [5, 5.41) is 20.8. The van der Waals surface area contributed by atoms with Gasteiger partial charge in [-0.2, -0.15) is 0 Å². The lowest BCUT2D eigenvalue weighted by atomic mass is 9.59. The average Bonchev–Trinajstić information content (AvgIpc) is 2.69. The lowest BCUT2D eigenvalue weighted by Gasteiger charge is -2.42. The number of rotatable bonds is 3. The molecule has 0 bridgehead atoms. The predicted molar refractivity (Wildman–Crippen MR) is 122 cm³/mol. The molecule has 2 aliphatic carbocycles. The summed E-state index contributed by atoms with van der Waals surface area (Å²) in [5.41, 5.74) is -1.09. The van der Waals surface area contributed by atoms with Gasteiger partial charge >= 0.3 is 11.9 Å². The van der Waals surface area contributed by atoms with E-state index in [1.54, 1.807) is 0 Å². The van der Waals surface area contributed by atoms with Gasteiger partial charge in [-0.05, 0) is 31.6 Å². The van der Waals surface area contributed by atoms with E-state index < -0.39 is 23.3 Å². The van der Waals surface area contributed by atoms with Crippen LogP contribution in [0.5, 0.6) is 0 Å². The van der Waals surface area contributed by atoms with Gasteiger partial charge in [-0.25, -0.2) is 0 Å². The molecule has 4 nitrogen and oxygen atoms in total. The molecule has 2 unspecified atom stereocenters. The van der Waals surface area contributed by atoms with Crippen LogP contribution in [0.15, 0.2) is 0 Å². The number of carbonyl (C=O) groups is 2. The van der Waals surface area contributed by atoms with E-state index in [9.17, 15) is 19.8 Å². The quantitative estimate of drug-likeness (QED) is 0.491. The Balaban J connectivity index is 2.31. The van der Waals surface area contributed by atoms with E-state index in [2.05, 4.69) is 0 Å². The molecule has 2 N–H and O–H groups in total. The Morgan fingerprint density at radius 3 is 1.30 bits per heavy atom. The summed E-state index contributed by atoms with van der Waals surface area (Å²) in [7, 11) is 0. The smallest absolute Gasteiger partial charge is 0.310 e. The summed E-state index contributed by atoms with van der Waals surface area (Å²) < 4.78 is 0. The van der Waals surface area contributed by atoms with Gasteiger partial charge in [-0.15, -0.1) is 0 Å². The number of hydrogen-bond acceptors (Lipinski definition) is 2. The van der Waals surface area contributed by atoms with Gasteiger partial charge in [-0.1, -0.05) is 109 Å². The van der Waals surface area contributed by atoms with E-state index in [0.29, 0.717) is 12.8 Å². The first-order chi connectivity index (χ1) is 14.6. The third kappa shape index (κ3) is 7.57. The molecule has 2 aliphatic rings. The molecule has 30 heavy (non-hydrogen) atoms. The van der Waals surface area contributed by atoms with E-state index in [-0.39, 0.29) is 5.92 Å². The molecule has 2 saturated carbocycles. The first-order valence-corrected chi connectivity index (χ1v) is 13.0. The first kappa shape index (κ1) is 25.2. The molecule has 0 aliphatic heterocycles. The second kappa shape index (κ2) is 14.1. The normalized spacial score (nSPS) is 30.1.